The maximum absolute atomic E-state index is 5.97. The smallest absolute Gasteiger partial charge is 0.0843 e. The first-order valence-electron chi connectivity index (χ1n) is 6.10. The molecular formula is C14H15Br3N2S. The molecule has 1 heterocycles. The maximum Gasteiger partial charge on any atom is 0.0843 e. The second-order valence-electron chi connectivity index (χ2n) is 4.57. The lowest BCUT2D eigenvalue weighted by molar-refractivity contribution is 0.245. The number of nitrogens with zero attached hydrogens (tertiary/aromatic N) is 1. The van der Waals surface area contributed by atoms with Crippen LogP contribution in [0.15, 0.2) is 43.1 Å². The van der Waals surface area contributed by atoms with Crippen LogP contribution >= 0.6 is 59.1 Å². The maximum atomic E-state index is 5.97. The highest BCUT2D eigenvalue weighted by Crippen LogP contribution is 2.37. The van der Waals surface area contributed by atoms with Crippen molar-refractivity contribution in [3.63, 3.8) is 0 Å². The molecule has 1 unspecified atom stereocenters. The van der Waals surface area contributed by atoms with E-state index in [1.54, 1.807) is 11.3 Å². The van der Waals surface area contributed by atoms with Gasteiger partial charge in [-0.15, -0.1) is 11.3 Å². The third-order valence-corrected chi connectivity index (χ3v) is 6.92. The number of likely N-dealkylation sites (N-methyl/N-ethyl adjacent to an activating group) is 1. The van der Waals surface area contributed by atoms with Gasteiger partial charge in [-0.3, -0.25) is 4.90 Å². The summed E-state index contributed by atoms with van der Waals surface area (Å²) >= 11 is 12.3. The van der Waals surface area contributed by atoms with Crippen LogP contribution in [0.4, 0.5) is 0 Å². The van der Waals surface area contributed by atoms with Gasteiger partial charge in [0, 0.05) is 26.9 Å². The zero-order valence-electron chi connectivity index (χ0n) is 10.9. The summed E-state index contributed by atoms with van der Waals surface area (Å²) in [6, 6.07) is 10.7. The molecule has 0 fully saturated rings. The van der Waals surface area contributed by atoms with Gasteiger partial charge < -0.3 is 5.73 Å². The molecule has 0 saturated heterocycles. The fourth-order valence-electron chi connectivity index (χ4n) is 2.07. The van der Waals surface area contributed by atoms with Crippen LogP contribution in [0.1, 0.15) is 16.5 Å². The van der Waals surface area contributed by atoms with Crippen molar-refractivity contribution in [3.05, 3.63) is 53.5 Å². The molecule has 0 saturated carbocycles. The predicted octanol–water partition coefficient (Wildman–Crippen LogP) is 5.17. The van der Waals surface area contributed by atoms with Crippen LogP contribution in [0.25, 0.3) is 0 Å². The molecule has 0 aliphatic heterocycles. The minimum absolute atomic E-state index is 0.224. The van der Waals surface area contributed by atoms with Crippen LogP contribution < -0.4 is 5.73 Å². The van der Waals surface area contributed by atoms with E-state index in [-0.39, 0.29) is 6.04 Å². The highest BCUT2D eigenvalue weighted by atomic mass is 79.9. The average molecular weight is 483 g/mol. The fraction of sp³-hybridized carbons (Fsp3) is 0.286. The van der Waals surface area contributed by atoms with Gasteiger partial charge in [-0.2, -0.15) is 0 Å². The molecule has 0 aliphatic carbocycles. The minimum atomic E-state index is 0.224. The van der Waals surface area contributed by atoms with E-state index in [0.717, 1.165) is 19.3 Å². The normalized spacial score (nSPS) is 12.9. The largest absolute Gasteiger partial charge is 0.329 e. The molecule has 1 aromatic heterocycles. The van der Waals surface area contributed by atoms with Gasteiger partial charge >= 0.3 is 0 Å². The van der Waals surface area contributed by atoms with Gasteiger partial charge in [0.05, 0.1) is 9.83 Å². The Morgan fingerprint density at radius 3 is 2.55 bits per heavy atom. The van der Waals surface area contributed by atoms with Crippen LogP contribution in [0.5, 0.6) is 0 Å². The topological polar surface area (TPSA) is 29.3 Å². The van der Waals surface area contributed by atoms with Crippen molar-refractivity contribution in [1.82, 2.24) is 4.90 Å². The van der Waals surface area contributed by atoms with E-state index in [2.05, 4.69) is 84.0 Å². The number of hydrogen-bond acceptors (Lipinski definition) is 3. The highest BCUT2D eigenvalue weighted by molar-refractivity contribution is 9.13. The van der Waals surface area contributed by atoms with E-state index in [0.29, 0.717) is 6.54 Å². The molecule has 20 heavy (non-hydrogen) atoms. The summed E-state index contributed by atoms with van der Waals surface area (Å²) in [5, 5.41) is 0. The lowest BCUT2D eigenvalue weighted by Crippen LogP contribution is -2.29. The molecule has 2 rings (SSSR count). The van der Waals surface area contributed by atoms with E-state index in [1.807, 2.05) is 6.07 Å². The molecule has 2 nitrogen and oxygen atoms in total. The molecule has 6 heteroatoms. The zero-order valence-corrected chi connectivity index (χ0v) is 16.5. The number of rotatable bonds is 5. The van der Waals surface area contributed by atoms with Crippen molar-refractivity contribution in [2.75, 3.05) is 13.6 Å². The van der Waals surface area contributed by atoms with Crippen LogP contribution in [-0.4, -0.2) is 18.5 Å². The summed E-state index contributed by atoms with van der Waals surface area (Å²) in [5.74, 6) is 0. The summed E-state index contributed by atoms with van der Waals surface area (Å²) in [6.07, 6.45) is 0. The molecule has 0 radical (unpaired) electrons. The summed E-state index contributed by atoms with van der Waals surface area (Å²) in [6.45, 7) is 1.47. The first kappa shape index (κ1) is 16.6. The third-order valence-electron chi connectivity index (χ3n) is 3.07. The van der Waals surface area contributed by atoms with Gasteiger partial charge in [-0.25, -0.2) is 0 Å². The van der Waals surface area contributed by atoms with Crippen molar-refractivity contribution >= 4 is 59.1 Å². The molecule has 0 bridgehead atoms. The number of thiophene rings is 1. The molecule has 0 amide bonds. The predicted molar refractivity (Wildman–Crippen MR) is 97.1 cm³/mol. The van der Waals surface area contributed by atoms with E-state index in [9.17, 15) is 0 Å². The summed E-state index contributed by atoms with van der Waals surface area (Å²) in [4.78, 5) is 3.55. The molecular weight excluding hydrogens is 468 g/mol. The Kier molecular flexibility index (Phi) is 6.25. The van der Waals surface area contributed by atoms with Crippen LogP contribution in [0, 0.1) is 0 Å². The Labute approximate surface area is 148 Å². The van der Waals surface area contributed by atoms with Crippen molar-refractivity contribution in [2.45, 2.75) is 12.6 Å². The van der Waals surface area contributed by atoms with Crippen LogP contribution in [0.3, 0.4) is 0 Å². The Bertz CT molecular complexity index is 566. The second-order valence-corrected chi connectivity index (χ2v) is 8.74. The lowest BCUT2D eigenvalue weighted by Gasteiger charge is -2.26. The van der Waals surface area contributed by atoms with Crippen molar-refractivity contribution < 1.29 is 0 Å². The van der Waals surface area contributed by atoms with Gasteiger partial charge in [0.1, 0.15) is 0 Å². The first-order valence-corrected chi connectivity index (χ1v) is 9.30. The van der Waals surface area contributed by atoms with Gasteiger partial charge in [0.25, 0.3) is 0 Å². The molecule has 1 atom stereocenters. The monoisotopic (exact) mass is 480 g/mol. The molecule has 0 aliphatic rings. The SMILES string of the molecule is CN(Cc1cccc(Br)c1)C(CN)c1cc(Br)c(Br)s1. The molecule has 2 N–H and O–H groups in total. The quantitative estimate of drug-likeness (QED) is 0.637. The Balaban J connectivity index is 2.15. The Morgan fingerprint density at radius 1 is 1.25 bits per heavy atom. The molecule has 1 aromatic carbocycles. The summed E-state index contributed by atoms with van der Waals surface area (Å²) < 4.78 is 3.31. The highest BCUT2D eigenvalue weighted by Gasteiger charge is 2.19. The van der Waals surface area contributed by atoms with E-state index < -0.39 is 0 Å². The van der Waals surface area contributed by atoms with Crippen molar-refractivity contribution in [2.24, 2.45) is 5.73 Å². The van der Waals surface area contributed by atoms with Gasteiger partial charge in [0.15, 0.2) is 0 Å². The van der Waals surface area contributed by atoms with Crippen molar-refractivity contribution in [3.8, 4) is 0 Å². The lowest BCUT2D eigenvalue weighted by atomic mass is 10.1. The fourth-order valence-corrected chi connectivity index (χ4v) is 4.79. The summed E-state index contributed by atoms with van der Waals surface area (Å²) in [7, 11) is 2.11. The Hall–Kier alpha value is 0.280. The Morgan fingerprint density at radius 2 is 2.00 bits per heavy atom. The van der Waals surface area contributed by atoms with Gasteiger partial charge in [-0.05, 0) is 62.7 Å². The average Bonchev–Trinajstić information content (AvgIpc) is 2.70. The van der Waals surface area contributed by atoms with Gasteiger partial charge in [-0.1, -0.05) is 28.1 Å². The number of nitrogens with two attached hydrogens (primary N) is 1. The number of benzene rings is 1. The van der Waals surface area contributed by atoms with E-state index in [4.69, 9.17) is 5.73 Å². The second kappa shape index (κ2) is 7.51. The van der Waals surface area contributed by atoms with Gasteiger partial charge in [0.2, 0.25) is 0 Å². The van der Waals surface area contributed by atoms with E-state index >= 15 is 0 Å². The molecule has 2 aromatic rings. The number of hydrogen-bond donors (Lipinski definition) is 1. The van der Waals surface area contributed by atoms with Crippen LogP contribution in [0.2, 0.25) is 0 Å². The first-order chi connectivity index (χ1) is 9.51. The zero-order chi connectivity index (χ0) is 14.7. The molecule has 108 valence electrons. The standard InChI is InChI=1S/C14H15Br3N2S/c1-19(8-9-3-2-4-10(15)5-9)12(7-18)13-6-11(16)14(17)20-13/h2-6,12H,7-8,18H2,1H3. The van der Waals surface area contributed by atoms with Crippen LogP contribution in [-0.2, 0) is 6.54 Å². The third kappa shape index (κ3) is 4.15. The number of halogens is 3. The summed E-state index contributed by atoms with van der Waals surface area (Å²) in [5.41, 5.74) is 7.25. The van der Waals surface area contributed by atoms with E-state index in [1.165, 1.54) is 10.4 Å². The minimum Gasteiger partial charge on any atom is -0.329 e. The molecule has 0 spiro atoms. The van der Waals surface area contributed by atoms with Crippen molar-refractivity contribution in [1.29, 1.82) is 0 Å².